The Bertz CT molecular complexity index is 752. The number of para-hydroxylation sites is 1. The molecule has 1 amide bonds. The highest BCUT2D eigenvalue weighted by Crippen LogP contribution is 2.27. The van der Waals surface area contributed by atoms with Crippen molar-refractivity contribution < 1.29 is 4.79 Å². The van der Waals surface area contributed by atoms with Gasteiger partial charge in [-0.3, -0.25) is 4.79 Å². The average molecular weight is 362 g/mol. The number of amides is 1. The van der Waals surface area contributed by atoms with Crippen molar-refractivity contribution in [2.75, 3.05) is 18.0 Å². The third kappa shape index (κ3) is 4.12. The maximum Gasteiger partial charge on any atom is 0.273 e. The van der Waals surface area contributed by atoms with Gasteiger partial charge in [0, 0.05) is 19.1 Å². The van der Waals surface area contributed by atoms with E-state index in [9.17, 15) is 4.79 Å². The molecule has 7 heteroatoms. The smallest absolute Gasteiger partial charge is 0.273 e. The number of halogens is 1. The zero-order valence-corrected chi connectivity index (χ0v) is 15.6. The molecular weight excluding hydrogens is 338 g/mol. The van der Waals surface area contributed by atoms with Crippen LogP contribution in [0.15, 0.2) is 30.5 Å². The van der Waals surface area contributed by atoms with Crippen molar-refractivity contribution in [3.05, 3.63) is 41.2 Å². The van der Waals surface area contributed by atoms with Gasteiger partial charge in [0.2, 0.25) is 0 Å². The molecule has 25 heavy (non-hydrogen) atoms. The van der Waals surface area contributed by atoms with Gasteiger partial charge in [-0.15, -0.1) is 5.10 Å². The van der Waals surface area contributed by atoms with E-state index in [-0.39, 0.29) is 17.5 Å². The van der Waals surface area contributed by atoms with Crippen LogP contribution in [0.2, 0.25) is 5.02 Å². The van der Waals surface area contributed by atoms with Crippen LogP contribution in [0.5, 0.6) is 0 Å². The second-order valence-corrected chi connectivity index (χ2v) is 7.84. The number of carbonyl (C=O) groups excluding carboxylic acids is 1. The number of anilines is 1. The number of piperidine rings is 1. The molecule has 6 nitrogen and oxygen atoms in total. The quantitative estimate of drug-likeness (QED) is 0.912. The first kappa shape index (κ1) is 17.7. The predicted octanol–water partition coefficient (Wildman–Crippen LogP) is 3.09. The monoisotopic (exact) mass is 361 g/mol. The summed E-state index contributed by atoms with van der Waals surface area (Å²) >= 11 is 6.30. The summed E-state index contributed by atoms with van der Waals surface area (Å²) in [5.74, 6) is -0.179. The van der Waals surface area contributed by atoms with Gasteiger partial charge in [-0.1, -0.05) is 28.9 Å². The van der Waals surface area contributed by atoms with Crippen molar-refractivity contribution in [2.24, 2.45) is 0 Å². The summed E-state index contributed by atoms with van der Waals surface area (Å²) in [4.78, 5) is 14.7. The standard InChI is InChI=1S/C18H24ClN5O/c1-18(2,3)24-12-15(21-22-24)17(25)20-13-7-6-10-23(11-13)16-9-5-4-8-14(16)19/h4-5,8-9,12-13H,6-7,10-11H2,1-3H3,(H,20,25). The molecule has 1 aromatic heterocycles. The topological polar surface area (TPSA) is 63.1 Å². The Morgan fingerprint density at radius 3 is 2.76 bits per heavy atom. The molecule has 1 N–H and O–H groups in total. The molecule has 0 bridgehead atoms. The Morgan fingerprint density at radius 2 is 2.08 bits per heavy atom. The normalized spacial score (nSPS) is 18.2. The summed E-state index contributed by atoms with van der Waals surface area (Å²) in [5, 5.41) is 11.9. The van der Waals surface area contributed by atoms with E-state index in [1.54, 1.807) is 10.9 Å². The van der Waals surface area contributed by atoms with E-state index in [2.05, 4.69) is 20.5 Å². The molecule has 1 atom stereocenters. The number of nitrogens with zero attached hydrogens (tertiary/aromatic N) is 4. The van der Waals surface area contributed by atoms with E-state index in [0.717, 1.165) is 36.6 Å². The van der Waals surface area contributed by atoms with Crippen LogP contribution < -0.4 is 10.2 Å². The minimum absolute atomic E-state index is 0.0670. The van der Waals surface area contributed by atoms with Gasteiger partial charge in [-0.25, -0.2) is 4.68 Å². The Kier molecular flexibility index (Phi) is 4.99. The molecule has 2 aromatic rings. The fourth-order valence-electron chi connectivity index (χ4n) is 2.98. The lowest BCUT2D eigenvalue weighted by Gasteiger charge is -2.35. The highest BCUT2D eigenvalue weighted by molar-refractivity contribution is 6.33. The molecule has 0 spiro atoms. The molecule has 0 aliphatic carbocycles. The van der Waals surface area contributed by atoms with Gasteiger partial charge < -0.3 is 10.2 Å². The third-order valence-corrected chi connectivity index (χ3v) is 4.68. The Hall–Kier alpha value is -2.08. The lowest BCUT2D eigenvalue weighted by Crippen LogP contribution is -2.48. The molecule has 3 rings (SSSR count). The van der Waals surface area contributed by atoms with Gasteiger partial charge in [-0.05, 0) is 45.7 Å². The van der Waals surface area contributed by atoms with Crippen molar-refractivity contribution in [2.45, 2.75) is 45.2 Å². The van der Waals surface area contributed by atoms with Crippen LogP contribution in [-0.2, 0) is 5.54 Å². The van der Waals surface area contributed by atoms with Gasteiger partial charge in [-0.2, -0.15) is 0 Å². The number of aromatic nitrogens is 3. The minimum Gasteiger partial charge on any atom is -0.368 e. The lowest BCUT2D eigenvalue weighted by molar-refractivity contribution is 0.0928. The highest BCUT2D eigenvalue weighted by Gasteiger charge is 2.25. The largest absolute Gasteiger partial charge is 0.368 e. The summed E-state index contributed by atoms with van der Waals surface area (Å²) in [7, 11) is 0. The third-order valence-electron chi connectivity index (χ3n) is 4.36. The first-order valence-corrected chi connectivity index (χ1v) is 8.95. The summed E-state index contributed by atoms with van der Waals surface area (Å²) in [6.07, 6.45) is 3.65. The van der Waals surface area contributed by atoms with Crippen LogP contribution in [0.4, 0.5) is 5.69 Å². The van der Waals surface area contributed by atoms with Crippen LogP contribution in [0.3, 0.4) is 0 Å². The SMILES string of the molecule is CC(C)(C)n1cc(C(=O)NC2CCCN(c3ccccc3Cl)C2)nn1. The Balaban J connectivity index is 1.65. The van der Waals surface area contributed by atoms with Crippen LogP contribution in [0.25, 0.3) is 0 Å². The molecular formula is C18H24ClN5O. The molecule has 0 saturated carbocycles. The van der Waals surface area contributed by atoms with Crippen LogP contribution in [-0.4, -0.2) is 40.0 Å². The lowest BCUT2D eigenvalue weighted by atomic mass is 10.0. The fourth-order valence-corrected chi connectivity index (χ4v) is 3.23. The van der Waals surface area contributed by atoms with Gasteiger partial charge >= 0.3 is 0 Å². The molecule has 134 valence electrons. The zero-order chi connectivity index (χ0) is 18.0. The molecule has 1 aliphatic heterocycles. The van der Waals surface area contributed by atoms with E-state index in [4.69, 9.17) is 11.6 Å². The van der Waals surface area contributed by atoms with E-state index < -0.39 is 0 Å². The molecule has 1 unspecified atom stereocenters. The second kappa shape index (κ2) is 7.04. The maximum absolute atomic E-state index is 12.5. The second-order valence-electron chi connectivity index (χ2n) is 7.43. The fraction of sp³-hybridized carbons (Fsp3) is 0.500. The zero-order valence-electron chi connectivity index (χ0n) is 14.9. The highest BCUT2D eigenvalue weighted by atomic mass is 35.5. The van der Waals surface area contributed by atoms with Crippen molar-refractivity contribution in [3.8, 4) is 0 Å². The maximum atomic E-state index is 12.5. The molecule has 1 aliphatic rings. The first-order valence-electron chi connectivity index (χ1n) is 8.58. The van der Waals surface area contributed by atoms with E-state index in [0.29, 0.717) is 5.69 Å². The van der Waals surface area contributed by atoms with Gasteiger partial charge in [0.15, 0.2) is 5.69 Å². The van der Waals surface area contributed by atoms with Gasteiger partial charge in [0.1, 0.15) is 0 Å². The molecule has 1 aromatic carbocycles. The van der Waals surface area contributed by atoms with Crippen LogP contribution in [0.1, 0.15) is 44.1 Å². The molecule has 2 heterocycles. The van der Waals surface area contributed by atoms with E-state index >= 15 is 0 Å². The van der Waals surface area contributed by atoms with Crippen molar-refractivity contribution >= 4 is 23.2 Å². The predicted molar refractivity (Wildman–Crippen MR) is 99.2 cm³/mol. The van der Waals surface area contributed by atoms with Crippen molar-refractivity contribution in [3.63, 3.8) is 0 Å². The minimum atomic E-state index is -0.197. The molecule has 1 fully saturated rings. The van der Waals surface area contributed by atoms with Crippen molar-refractivity contribution in [1.82, 2.24) is 20.3 Å². The van der Waals surface area contributed by atoms with Crippen molar-refractivity contribution in [1.29, 1.82) is 0 Å². The average Bonchev–Trinajstić information content (AvgIpc) is 3.06. The number of hydrogen-bond acceptors (Lipinski definition) is 4. The number of hydrogen-bond donors (Lipinski definition) is 1. The molecule has 0 radical (unpaired) electrons. The van der Waals surface area contributed by atoms with Crippen LogP contribution >= 0.6 is 11.6 Å². The number of rotatable bonds is 3. The Labute approximate surface area is 153 Å². The number of nitrogens with one attached hydrogen (secondary N) is 1. The number of carbonyl (C=O) groups is 1. The number of benzene rings is 1. The summed E-state index contributed by atoms with van der Waals surface area (Å²) in [6.45, 7) is 7.74. The first-order chi connectivity index (χ1) is 11.8. The van der Waals surface area contributed by atoms with E-state index in [1.165, 1.54) is 0 Å². The molecule has 1 saturated heterocycles. The van der Waals surface area contributed by atoms with E-state index in [1.807, 2.05) is 45.0 Å². The summed E-state index contributed by atoms with van der Waals surface area (Å²) < 4.78 is 1.71. The van der Waals surface area contributed by atoms with Gasteiger partial charge in [0.05, 0.1) is 22.4 Å². The van der Waals surface area contributed by atoms with Crippen LogP contribution in [0, 0.1) is 0 Å². The summed E-state index contributed by atoms with van der Waals surface area (Å²) in [5.41, 5.74) is 1.17. The van der Waals surface area contributed by atoms with Gasteiger partial charge in [0.25, 0.3) is 5.91 Å². The summed E-state index contributed by atoms with van der Waals surface area (Å²) in [6, 6.07) is 7.88. The Morgan fingerprint density at radius 1 is 1.32 bits per heavy atom.